The van der Waals surface area contributed by atoms with E-state index in [4.69, 9.17) is 9.98 Å². The summed E-state index contributed by atoms with van der Waals surface area (Å²) in [5.74, 6) is 0. The van der Waals surface area contributed by atoms with Gasteiger partial charge in [0.2, 0.25) is 0 Å². The number of hydrogen-bond acceptors (Lipinski definition) is 2. The second-order valence-corrected chi connectivity index (χ2v) is 5.56. The number of para-hydroxylation sites is 1. The molecule has 0 bridgehead atoms. The number of unbranched alkanes of at least 4 members (excludes halogenated alkanes) is 2. The second-order valence-electron chi connectivity index (χ2n) is 5.56. The van der Waals surface area contributed by atoms with Crippen LogP contribution in [0.15, 0.2) is 29.3 Å². The highest BCUT2D eigenvalue weighted by Gasteiger charge is 2.17. The lowest BCUT2D eigenvalue weighted by atomic mass is 9.93. The molecule has 0 unspecified atom stereocenters. The minimum Gasteiger partial charge on any atom is -0.260 e. The first-order valence-electron chi connectivity index (χ1n) is 7.83. The van der Waals surface area contributed by atoms with Crippen LogP contribution < -0.4 is 0 Å². The van der Waals surface area contributed by atoms with Gasteiger partial charge in [-0.15, -0.1) is 0 Å². The Bertz CT molecular complexity index is 629. The first-order chi connectivity index (χ1) is 9.90. The third-order valence-corrected chi connectivity index (χ3v) is 4.05. The van der Waals surface area contributed by atoms with Crippen molar-refractivity contribution in [1.82, 2.24) is 4.98 Å². The van der Waals surface area contributed by atoms with Crippen LogP contribution in [0.25, 0.3) is 10.9 Å². The molecule has 0 atom stereocenters. The van der Waals surface area contributed by atoms with E-state index in [0.29, 0.717) is 0 Å². The molecule has 0 saturated carbocycles. The number of nitrogens with zero attached hydrogens (tertiary/aromatic N) is 2. The number of aromatic nitrogens is 1. The highest BCUT2D eigenvalue weighted by Crippen LogP contribution is 2.35. The van der Waals surface area contributed by atoms with Crippen LogP contribution in [0.1, 0.15) is 50.3 Å². The zero-order valence-electron chi connectivity index (χ0n) is 12.2. The van der Waals surface area contributed by atoms with Gasteiger partial charge in [-0.2, -0.15) is 0 Å². The van der Waals surface area contributed by atoms with Crippen molar-refractivity contribution in [3.05, 3.63) is 35.5 Å². The van der Waals surface area contributed by atoms with E-state index in [2.05, 4.69) is 37.4 Å². The van der Waals surface area contributed by atoms with Crippen LogP contribution in [-0.4, -0.2) is 11.2 Å². The number of aryl methyl sites for hydroxylation is 1. The van der Waals surface area contributed by atoms with Gasteiger partial charge >= 0.3 is 0 Å². The maximum Gasteiger partial charge on any atom is 0.0769 e. The summed E-state index contributed by atoms with van der Waals surface area (Å²) < 4.78 is 0. The Balaban J connectivity index is 2.08. The molecule has 0 spiro atoms. The van der Waals surface area contributed by atoms with Crippen LogP contribution in [0.3, 0.4) is 0 Å². The summed E-state index contributed by atoms with van der Waals surface area (Å²) in [6, 6.07) is 8.42. The molecule has 3 rings (SSSR count). The van der Waals surface area contributed by atoms with Crippen molar-refractivity contribution in [3.63, 3.8) is 0 Å². The molecule has 0 amide bonds. The Morgan fingerprint density at radius 3 is 2.95 bits per heavy atom. The van der Waals surface area contributed by atoms with Gasteiger partial charge in [-0.25, -0.2) is 0 Å². The average molecular weight is 266 g/mol. The third-order valence-electron chi connectivity index (χ3n) is 4.05. The lowest BCUT2D eigenvalue weighted by Gasteiger charge is -2.18. The van der Waals surface area contributed by atoms with Crippen LogP contribution in [0.4, 0.5) is 5.69 Å². The number of aliphatic imine (C=N–C) groups is 1. The highest BCUT2D eigenvalue weighted by molar-refractivity contribution is 5.93. The minimum absolute atomic E-state index is 1.07. The Morgan fingerprint density at radius 2 is 2.05 bits per heavy atom. The molecule has 1 aliphatic carbocycles. The Morgan fingerprint density at radius 1 is 1.20 bits per heavy atom. The van der Waals surface area contributed by atoms with E-state index in [0.717, 1.165) is 24.8 Å². The van der Waals surface area contributed by atoms with Gasteiger partial charge in [-0.3, -0.25) is 9.98 Å². The molecule has 104 valence electrons. The molecule has 2 aromatic rings. The second kappa shape index (κ2) is 6.17. The van der Waals surface area contributed by atoms with Crippen LogP contribution >= 0.6 is 0 Å². The molecule has 1 aromatic heterocycles. The lowest BCUT2D eigenvalue weighted by molar-refractivity contribution is 0.672. The summed E-state index contributed by atoms with van der Waals surface area (Å²) in [7, 11) is 0. The van der Waals surface area contributed by atoms with Gasteiger partial charge in [0.1, 0.15) is 0 Å². The fraction of sp³-hybridized carbons (Fsp3) is 0.444. The third kappa shape index (κ3) is 2.60. The molecule has 1 heterocycles. The van der Waals surface area contributed by atoms with Crippen molar-refractivity contribution in [3.8, 4) is 0 Å². The maximum atomic E-state index is 4.85. The van der Waals surface area contributed by atoms with Crippen molar-refractivity contribution < 1.29 is 0 Å². The van der Waals surface area contributed by atoms with Gasteiger partial charge in [-0.05, 0) is 50.2 Å². The summed E-state index contributed by atoms with van der Waals surface area (Å²) in [5.41, 5.74) is 4.94. The van der Waals surface area contributed by atoms with Gasteiger partial charge in [0.25, 0.3) is 0 Å². The number of hydrogen-bond donors (Lipinski definition) is 0. The highest BCUT2D eigenvalue weighted by atomic mass is 14.8. The Labute approximate surface area is 121 Å². The zero-order chi connectivity index (χ0) is 13.8. The lowest BCUT2D eigenvalue weighted by Crippen LogP contribution is -2.06. The van der Waals surface area contributed by atoms with E-state index in [-0.39, 0.29) is 0 Å². The summed E-state index contributed by atoms with van der Waals surface area (Å²) in [6.45, 7) is 2.22. The molecule has 1 aliphatic rings. The predicted molar refractivity (Wildman–Crippen MR) is 86.1 cm³/mol. The molecular weight excluding hydrogens is 244 g/mol. The van der Waals surface area contributed by atoms with Gasteiger partial charge < -0.3 is 0 Å². The average Bonchev–Trinajstić information content (AvgIpc) is 2.50. The quantitative estimate of drug-likeness (QED) is 0.564. The van der Waals surface area contributed by atoms with Crippen LogP contribution in [0.5, 0.6) is 0 Å². The standard InChI is InChI=1S/C18H22N2/c1-2-3-8-13-19-18-14-9-4-6-11-16(14)20-17-12-7-5-10-15(17)18/h4,6,9,11,13H,2-3,5,7-8,10,12H2,1H3/b19-13-. The monoisotopic (exact) mass is 266 g/mol. The normalized spacial score (nSPS) is 14.8. The van der Waals surface area contributed by atoms with E-state index in [1.165, 1.54) is 48.0 Å². The minimum atomic E-state index is 1.07. The molecule has 0 aliphatic heterocycles. The largest absolute Gasteiger partial charge is 0.260 e. The molecule has 20 heavy (non-hydrogen) atoms. The first-order valence-corrected chi connectivity index (χ1v) is 7.83. The van der Waals surface area contributed by atoms with Crippen molar-refractivity contribution in [2.24, 2.45) is 4.99 Å². The number of fused-ring (bicyclic) bond motifs is 2. The molecule has 2 heteroatoms. The van der Waals surface area contributed by atoms with Gasteiger partial charge in [0, 0.05) is 17.3 Å². The predicted octanol–water partition coefficient (Wildman–Crippen LogP) is 5.01. The molecular formula is C18H22N2. The molecule has 2 nitrogen and oxygen atoms in total. The fourth-order valence-electron chi connectivity index (χ4n) is 2.95. The van der Waals surface area contributed by atoms with E-state index in [9.17, 15) is 0 Å². The summed E-state index contributed by atoms with van der Waals surface area (Å²) in [5, 5.41) is 1.21. The SMILES string of the molecule is CCCC/C=N\c1c2c(nc3ccccc13)CCCC2. The fourth-order valence-corrected chi connectivity index (χ4v) is 2.95. The number of rotatable bonds is 4. The summed E-state index contributed by atoms with van der Waals surface area (Å²) in [6.07, 6.45) is 10.4. The summed E-state index contributed by atoms with van der Waals surface area (Å²) in [4.78, 5) is 9.67. The zero-order valence-corrected chi connectivity index (χ0v) is 12.2. The molecule has 0 saturated heterocycles. The molecule has 0 fully saturated rings. The van der Waals surface area contributed by atoms with Gasteiger partial charge in [-0.1, -0.05) is 31.5 Å². The number of benzene rings is 1. The summed E-state index contributed by atoms with van der Waals surface area (Å²) >= 11 is 0. The Hall–Kier alpha value is -1.70. The number of pyridine rings is 1. The Kier molecular flexibility index (Phi) is 4.10. The van der Waals surface area contributed by atoms with Crippen molar-refractivity contribution in [2.75, 3.05) is 0 Å². The topological polar surface area (TPSA) is 25.2 Å². The van der Waals surface area contributed by atoms with Crippen molar-refractivity contribution in [2.45, 2.75) is 51.9 Å². The van der Waals surface area contributed by atoms with Gasteiger partial charge in [0.05, 0.1) is 11.2 Å². The van der Waals surface area contributed by atoms with E-state index in [1.807, 2.05) is 0 Å². The smallest absolute Gasteiger partial charge is 0.0769 e. The molecule has 0 N–H and O–H groups in total. The maximum absolute atomic E-state index is 4.85. The van der Waals surface area contributed by atoms with E-state index in [1.54, 1.807) is 0 Å². The van der Waals surface area contributed by atoms with Crippen molar-refractivity contribution in [1.29, 1.82) is 0 Å². The molecule has 1 aromatic carbocycles. The van der Waals surface area contributed by atoms with Crippen LogP contribution in [0.2, 0.25) is 0 Å². The van der Waals surface area contributed by atoms with Crippen LogP contribution in [-0.2, 0) is 12.8 Å². The van der Waals surface area contributed by atoms with E-state index >= 15 is 0 Å². The molecule has 0 radical (unpaired) electrons. The first kappa shape index (κ1) is 13.3. The van der Waals surface area contributed by atoms with Gasteiger partial charge in [0.15, 0.2) is 0 Å². The van der Waals surface area contributed by atoms with Crippen molar-refractivity contribution >= 4 is 22.8 Å². The van der Waals surface area contributed by atoms with E-state index < -0.39 is 0 Å². The van der Waals surface area contributed by atoms with Crippen LogP contribution in [0, 0.1) is 0 Å².